The first-order chi connectivity index (χ1) is 14.4. The summed E-state index contributed by atoms with van der Waals surface area (Å²) < 4.78 is 17.2. The van der Waals surface area contributed by atoms with E-state index in [-0.39, 0.29) is 12.5 Å². The molecule has 0 aromatic heterocycles. The quantitative estimate of drug-likeness (QED) is 0.781. The molecule has 7 nitrogen and oxygen atoms in total. The van der Waals surface area contributed by atoms with Crippen molar-refractivity contribution in [1.29, 1.82) is 0 Å². The molecule has 1 N–H and O–H groups in total. The zero-order valence-electron chi connectivity index (χ0n) is 16.3. The molecular weight excluding hydrogens is 410 g/mol. The Kier molecular flexibility index (Phi) is 5.94. The summed E-state index contributed by atoms with van der Waals surface area (Å²) in [5, 5.41) is 9.29. The molecule has 2 heterocycles. The molecule has 4 rings (SSSR count). The fourth-order valence-electron chi connectivity index (χ4n) is 3.71. The number of carbonyl (C=O) groups excluding carboxylic acids is 1. The van der Waals surface area contributed by atoms with Gasteiger partial charge in [-0.3, -0.25) is 4.79 Å². The van der Waals surface area contributed by atoms with Crippen LogP contribution in [0, 0.1) is 0 Å². The van der Waals surface area contributed by atoms with Crippen molar-refractivity contribution in [2.75, 3.05) is 26.3 Å². The number of piperidine rings is 1. The Bertz CT molecular complexity index is 937. The smallest absolute Gasteiger partial charge is 0.329 e. The van der Waals surface area contributed by atoms with Gasteiger partial charge in [0.1, 0.15) is 19.0 Å². The summed E-state index contributed by atoms with van der Waals surface area (Å²) in [6, 6.07) is 13.7. The van der Waals surface area contributed by atoms with Crippen LogP contribution in [0.1, 0.15) is 18.4 Å². The van der Waals surface area contributed by atoms with E-state index in [1.54, 1.807) is 4.90 Å². The highest BCUT2D eigenvalue weighted by molar-refractivity contribution is 6.30. The number of ether oxygens (including phenoxy) is 3. The topological polar surface area (TPSA) is 85.3 Å². The number of hydrogen-bond donors (Lipinski definition) is 1. The Balaban J connectivity index is 1.37. The minimum atomic E-state index is -1.10. The predicted molar refractivity (Wildman–Crippen MR) is 109 cm³/mol. The molecule has 2 aromatic carbocycles. The largest absolute Gasteiger partial charge is 0.480 e. The molecule has 0 unspecified atom stereocenters. The van der Waals surface area contributed by atoms with E-state index in [1.807, 2.05) is 36.4 Å². The highest BCUT2D eigenvalue weighted by Gasteiger charge is 2.41. The summed E-state index contributed by atoms with van der Waals surface area (Å²) in [6.07, 6.45) is 1.08. The third-order valence-corrected chi connectivity index (χ3v) is 5.61. The molecule has 0 aliphatic carbocycles. The second kappa shape index (κ2) is 8.63. The highest BCUT2D eigenvalue weighted by Crippen LogP contribution is 2.39. The number of rotatable bonds is 5. The van der Waals surface area contributed by atoms with Crippen LogP contribution < -0.4 is 4.74 Å². The van der Waals surface area contributed by atoms with E-state index >= 15 is 0 Å². The predicted octanol–water partition coefficient (Wildman–Crippen LogP) is 3.34. The third kappa shape index (κ3) is 4.59. The number of likely N-dealkylation sites (tertiary alicyclic amines) is 1. The lowest BCUT2D eigenvalue weighted by Gasteiger charge is -2.44. The molecule has 1 fully saturated rings. The maximum atomic E-state index is 12.2. The van der Waals surface area contributed by atoms with E-state index < -0.39 is 18.4 Å². The van der Waals surface area contributed by atoms with Gasteiger partial charge in [0, 0.05) is 36.5 Å². The summed E-state index contributed by atoms with van der Waals surface area (Å²) in [7, 11) is 0. The molecule has 0 bridgehead atoms. The number of benzene rings is 2. The van der Waals surface area contributed by atoms with Crippen molar-refractivity contribution in [3.63, 3.8) is 0 Å². The van der Waals surface area contributed by atoms with Crippen LogP contribution in [0.25, 0.3) is 11.1 Å². The first-order valence-electron chi connectivity index (χ1n) is 9.73. The average Bonchev–Trinajstić information content (AvgIpc) is 2.74. The Labute approximate surface area is 179 Å². The van der Waals surface area contributed by atoms with E-state index in [2.05, 4.69) is 6.07 Å². The van der Waals surface area contributed by atoms with E-state index in [0.717, 1.165) is 22.4 Å². The van der Waals surface area contributed by atoms with Crippen molar-refractivity contribution in [1.82, 2.24) is 4.90 Å². The van der Waals surface area contributed by atoms with E-state index in [4.69, 9.17) is 30.9 Å². The second-order valence-electron chi connectivity index (χ2n) is 7.40. The van der Waals surface area contributed by atoms with Crippen molar-refractivity contribution >= 4 is 23.5 Å². The fraction of sp³-hybridized carbons (Fsp3) is 0.364. The summed E-state index contributed by atoms with van der Waals surface area (Å²) in [4.78, 5) is 24.3. The molecule has 2 aliphatic rings. The molecular formula is C22H22ClNO6. The lowest BCUT2D eigenvalue weighted by Crippen LogP contribution is -2.53. The Morgan fingerprint density at radius 1 is 1.07 bits per heavy atom. The zero-order chi connectivity index (χ0) is 21.1. The van der Waals surface area contributed by atoms with Crippen LogP contribution in [0.2, 0.25) is 5.02 Å². The standard InChI is InChI=1S/C22H22ClNO6/c23-18-4-1-15(2-5-18)16-3-6-19-17(11-16)12-29-22(30-19)7-9-24(10-8-22)20(25)13-28-14-21(26)27/h1-6,11H,7-10,12-14H2,(H,26,27). The lowest BCUT2D eigenvalue weighted by atomic mass is 9.99. The van der Waals surface area contributed by atoms with Crippen LogP contribution in [0.4, 0.5) is 0 Å². The second-order valence-corrected chi connectivity index (χ2v) is 7.83. The number of carbonyl (C=O) groups is 2. The van der Waals surface area contributed by atoms with Crippen LogP contribution in [-0.4, -0.2) is 54.0 Å². The summed E-state index contributed by atoms with van der Waals surface area (Å²) >= 11 is 5.97. The molecule has 2 aliphatic heterocycles. The van der Waals surface area contributed by atoms with Crippen molar-refractivity contribution < 1.29 is 28.9 Å². The summed E-state index contributed by atoms with van der Waals surface area (Å²) in [6.45, 7) is 0.648. The van der Waals surface area contributed by atoms with Gasteiger partial charge in [0.25, 0.3) is 0 Å². The average molecular weight is 432 g/mol. The van der Waals surface area contributed by atoms with Gasteiger partial charge in [-0.2, -0.15) is 0 Å². The Hall–Kier alpha value is -2.61. The third-order valence-electron chi connectivity index (χ3n) is 5.35. The van der Waals surface area contributed by atoms with Crippen LogP contribution in [0.3, 0.4) is 0 Å². The molecule has 1 spiro atoms. The number of carboxylic acid groups (broad SMARTS) is 1. The summed E-state index contributed by atoms with van der Waals surface area (Å²) in [5.41, 5.74) is 3.11. The van der Waals surface area contributed by atoms with Crippen LogP contribution >= 0.6 is 11.6 Å². The van der Waals surface area contributed by atoms with Gasteiger partial charge >= 0.3 is 5.97 Å². The van der Waals surface area contributed by atoms with Gasteiger partial charge in [-0.25, -0.2) is 4.79 Å². The molecule has 158 valence electrons. The number of amides is 1. The van der Waals surface area contributed by atoms with E-state index in [0.29, 0.717) is 37.6 Å². The van der Waals surface area contributed by atoms with Crippen molar-refractivity contribution in [2.24, 2.45) is 0 Å². The van der Waals surface area contributed by atoms with Gasteiger partial charge in [-0.1, -0.05) is 29.8 Å². The first-order valence-corrected chi connectivity index (χ1v) is 10.1. The van der Waals surface area contributed by atoms with Gasteiger partial charge < -0.3 is 24.2 Å². The number of halogens is 1. The van der Waals surface area contributed by atoms with Crippen molar-refractivity contribution in [2.45, 2.75) is 25.2 Å². The first kappa shape index (κ1) is 20.7. The molecule has 1 saturated heterocycles. The maximum absolute atomic E-state index is 12.2. The minimum absolute atomic E-state index is 0.227. The minimum Gasteiger partial charge on any atom is -0.480 e. The van der Waals surface area contributed by atoms with Gasteiger partial charge in [0.15, 0.2) is 0 Å². The molecule has 0 atom stereocenters. The van der Waals surface area contributed by atoms with Crippen molar-refractivity contribution in [3.8, 4) is 16.9 Å². The SMILES string of the molecule is O=C(O)COCC(=O)N1CCC2(CC1)OCc1cc(-c3ccc(Cl)cc3)ccc1O2. The molecule has 30 heavy (non-hydrogen) atoms. The van der Waals surface area contributed by atoms with E-state index in [9.17, 15) is 9.59 Å². The summed E-state index contributed by atoms with van der Waals surface area (Å²) in [5.74, 6) is -1.27. The van der Waals surface area contributed by atoms with E-state index in [1.165, 1.54) is 0 Å². The van der Waals surface area contributed by atoms with Crippen LogP contribution in [0.15, 0.2) is 42.5 Å². The lowest BCUT2D eigenvalue weighted by molar-refractivity contribution is -0.228. The van der Waals surface area contributed by atoms with Gasteiger partial charge in [-0.05, 0) is 35.4 Å². The van der Waals surface area contributed by atoms with Gasteiger partial charge in [0.2, 0.25) is 11.7 Å². The number of aliphatic carboxylic acids is 1. The Morgan fingerprint density at radius 2 is 1.77 bits per heavy atom. The number of nitrogens with zero attached hydrogens (tertiary/aromatic N) is 1. The van der Waals surface area contributed by atoms with Crippen LogP contribution in [0.5, 0.6) is 5.75 Å². The Morgan fingerprint density at radius 3 is 2.47 bits per heavy atom. The number of fused-ring (bicyclic) bond motifs is 1. The zero-order valence-corrected chi connectivity index (χ0v) is 17.1. The molecule has 2 aromatic rings. The molecule has 1 amide bonds. The molecule has 0 radical (unpaired) electrons. The van der Waals surface area contributed by atoms with Gasteiger partial charge in [-0.15, -0.1) is 0 Å². The molecule has 0 saturated carbocycles. The monoisotopic (exact) mass is 431 g/mol. The fourth-order valence-corrected chi connectivity index (χ4v) is 3.84. The molecule has 8 heteroatoms. The van der Waals surface area contributed by atoms with Crippen LogP contribution in [-0.2, 0) is 25.7 Å². The normalized spacial score (nSPS) is 17.3. The van der Waals surface area contributed by atoms with Gasteiger partial charge in [0.05, 0.1) is 6.61 Å². The van der Waals surface area contributed by atoms with Crippen molar-refractivity contribution in [3.05, 3.63) is 53.1 Å². The number of hydrogen-bond acceptors (Lipinski definition) is 5. The maximum Gasteiger partial charge on any atom is 0.329 e. The highest BCUT2D eigenvalue weighted by atomic mass is 35.5. The number of carboxylic acids is 1.